The summed E-state index contributed by atoms with van der Waals surface area (Å²) >= 11 is 12.0. The van der Waals surface area contributed by atoms with E-state index in [2.05, 4.69) is 5.32 Å². The standard InChI is InChI=1S/C19H18Cl2N2O2/c1-11-3-5-15(7-12(11)2)23-10-13(8-18(23)24)19(25)22-17-6-4-14(20)9-16(17)21/h3-7,9,13H,8,10H2,1-2H3,(H,22,25)/t13-/m1/s1. The number of carbonyl (C=O) groups is 2. The Bertz CT molecular complexity index is 851. The molecule has 0 saturated carbocycles. The number of benzene rings is 2. The van der Waals surface area contributed by atoms with Crippen LogP contribution in [0.4, 0.5) is 11.4 Å². The Balaban J connectivity index is 1.73. The molecular weight excluding hydrogens is 359 g/mol. The van der Waals surface area contributed by atoms with Crippen LogP contribution < -0.4 is 10.2 Å². The second kappa shape index (κ2) is 7.06. The topological polar surface area (TPSA) is 49.4 Å². The molecule has 3 rings (SSSR count). The minimum absolute atomic E-state index is 0.0504. The third-order valence-corrected chi connectivity index (χ3v) is 5.03. The zero-order chi connectivity index (χ0) is 18.1. The minimum atomic E-state index is -0.416. The molecule has 1 heterocycles. The highest BCUT2D eigenvalue weighted by molar-refractivity contribution is 6.36. The smallest absolute Gasteiger partial charge is 0.229 e. The fourth-order valence-electron chi connectivity index (χ4n) is 2.85. The number of nitrogens with one attached hydrogen (secondary N) is 1. The first-order chi connectivity index (χ1) is 11.8. The predicted molar refractivity (Wildman–Crippen MR) is 101 cm³/mol. The van der Waals surface area contributed by atoms with Gasteiger partial charge in [0.25, 0.3) is 0 Å². The van der Waals surface area contributed by atoms with Crippen molar-refractivity contribution >= 4 is 46.4 Å². The van der Waals surface area contributed by atoms with Crippen molar-refractivity contribution in [3.05, 3.63) is 57.6 Å². The van der Waals surface area contributed by atoms with Gasteiger partial charge in [-0.25, -0.2) is 0 Å². The number of nitrogens with zero attached hydrogens (tertiary/aromatic N) is 1. The number of hydrogen-bond acceptors (Lipinski definition) is 2. The summed E-state index contributed by atoms with van der Waals surface area (Å²) < 4.78 is 0. The lowest BCUT2D eigenvalue weighted by Crippen LogP contribution is -2.28. The van der Waals surface area contributed by atoms with Crippen LogP contribution in [0.15, 0.2) is 36.4 Å². The van der Waals surface area contributed by atoms with Gasteiger partial charge < -0.3 is 10.2 Å². The van der Waals surface area contributed by atoms with Gasteiger partial charge in [-0.1, -0.05) is 29.3 Å². The lowest BCUT2D eigenvalue weighted by molar-refractivity contribution is -0.122. The van der Waals surface area contributed by atoms with Crippen molar-refractivity contribution < 1.29 is 9.59 Å². The van der Waals surface area contributed by atoms with E-state index in [1.54, 1.807) is 23.1 Å². The van der Waals surface area contributed by atoms with E-state index in [0.717, 1.165) is 11.3 Å². The Morgan fingerprint density at radius 2 is 1.88 bits per heavy atom. The number of rotatable bonds is 3. The zero-order valence-electron chi connectivity index (χ0n) is 14.0. The molecule has 0 bridgehead atoms. The molecule has 1 aliphatic heterocycles. The summed E-state index contributed by atoms with van der Waals surface area (Å²) in [6.07, 6.45) is 0.184. The molecule has 130 valence electrons. The maximum atomic E-state index is 12.5. The van der Waals surface area contributed by atoms with Crippen molar-refractivity contribution in [2.24, 2.45) is 5.92 Å². The molecule has 2 aromatic rings. The minimum Gasteiger partial charge on any atom is -0.324 e. The Labute approximate surface area is 156 Å². The number of hydrogen-bond donors (Lipinski definition) is 1. The van der Waals surface area contributed by atoms with Crippen molar-refractivity contribution in [3.8, 4) is 0 Å². The van der Waals surface area contributed by atoms with Crippen LogP contribution in [0.1, 0.15) is 17.5 Å². The van der Waals surface area contributed by atoms with Gasteiger partial charge in [-0.15, -0.1) is 0 Å². The Morgan fingerprint density at radius 1 is 1.12 bits per heavy atom. The van der Waals surface area contributed by atoms with Gasteiger partial charge in [-0.2, -0.15) is 0 Å². The summed E-state index contributed by atoms with van der Waals surface area (Å²) in [6.45, 7) is 4.39. The van der Waals surface area contributed by atoms with E-state index in [0.29, 0.717) is 22.3 Å². The van der Waals surface area contributed by atoms with Gasteiger partial charge in [-0.05, 0) is 55.3 Å². The number of amides is 2. The van der Waals surface area contributed by atoms with Gasteiger partial charge in [-0.3, -0.25) is 9.59 Å². The molecule has 0 aromatic heterocycles. The van der Waals surface area contributed by atoms with Crippen molar-refractivity contribution in [1.82, 2.24) is 0 Å². The molecule has 25 heavy (non-hydrogen) atoms. The average molecular weight is 377 g/mol. The zero-order valence-corrected chi connectivity index (χ0v) is 15.5. The highest BCUT2D eigenvalue weighted by Crippen LogP contribution is 2.29. The van der Waals surface area contributed by atoms with E-state index in [4.69, 9.17) is 23.2 Å². The molecule has 1 fully saturated rings. The van der Waals surface area contributed by atoms with Crippen LogP contribution in [0.25, 0.3) is 0 Å². The number of carbonyl (C=O) groups excluding carboxylic acids is 2. The van der Waals surface area contributed by atoms with Crippen LogP contribution in [0.2, 0.25) is 10.0 Å². The Kier molecular flexibility index (Phi) is 5.02. The third kappa shape index (κ3) is 3.80. The third-order valence-electron chi connectivity index (χ3n) is 4.49. The maximum absolute atomic E-state index is 12.5. The van der Waals surface area contributed by atoms with E-state index in [-0.39, 0.29) is 18.2 Å². The molecule has 1 saturated heterocycles. The Morgan fingerprint density at radius 3 is 2.56 bits per heavy atom. The van der Waals surface area contributed by atoms with Crippen LogP contribution in [0.5, 0.6) is 0 Å². The van der Waals surface area contributed by atoms with E-state index in [1.807, 2.05) is 32.0 Å². The number of anilines is 2. The molecule has 4 nitrogen and oxygen atoms in total. The molecule has 0 aliphatic carbocycles. The number of aryl methyl sites for hydroxylation is 2. The van der Waals surface area contributed by atoms with Crippen LogP contribution in [-0.4, -0.2) is 18.4 Å². The molecule has 0 unspecified atom stereocenters. The second-order valence-electron chi connectivity index (χ2n) is 6.29. The van der Waals surface area contributed by atoms with Crippen LogP contribution in [-0.2, 0) is 9.59 Å². The molecule has 2 amide bonds. The van der Waals surface area contributed by atoms with Crippen molar-refractivity contribution in [1.29, 1.82) is 0 Å². The van der Waals surface area contributed by atoms with Gasteiger partial charge >= 0.3 is 0 Å². The molecule has 0 spiro atoms. The normalized spacial score (nSPS) is 17.0. The first kappa shape index (κ1) is 17.8. The van der Waals surface area contributed by atoms with Crippen LogP contribution >= 0.6 is 23.2 Å². The molecular formula is C19H18Cl2N2O2. The summed E-state index contributed by atoms with van der Waals surface area (Å²) in [5.74, 6) is -0.685. The van der Waals surface area contributed by atoms with Gasteiger partial charge in [0.2, 0.25) is 11.8 Å². The molecule has 0 radical (unpaired) electrons. The molecule has 1 N–H and O–H groups in total. The SMILES string of the molecule is Cc1ccc(N2C[C@H](C(=O)Nc3ccc(Cl)cc3Cl)CC2=O)cc1C. The first-order valence-electron chi connectivity index (χ1n) is 7.98. The fourth-order valence-corrected chi connectivity index (χ4v) is 3.31. The van der Waals surface area contributed by atoms with E-state index < -0.39 is 5.92 Å². The van der Waals surface area contributed by atoms with E-state index in [9.17, 15) is 9.59 Å². The first-order valence-corrected chi connectivity index (χ1v) is 8.74. The second-order valence-corrected chi connectivity index (χ2v) is 7.13. The summed E-state index contributed by atoms with van der Waals surface area (Å²) in [7, 11) is 0. The summed E-state index contributed by atoms with van der Waals surface area (Å²) in [4.78, 5) is 26.5. The average Bonchev–Trinajstić information content (AvgIpc) is 2.95. The van der Waals surface area contributed by atoms with E-state index in [1.165, 1.54) is 5.56 Å². The van der Waals surface area contributed by atoms with Crippen molar-refractivity contribution in [2.75, 3.05) is 16.8 Å². The molecule has 1 aliphatic rings. The van der Waals surface area contributed by atoms with Crippen molar-refractivity contribution in [2.45, 2.75) is 20.3 Å². The van der Waals surface area contributed by atoms with Crippen LogP contribution in [0.3, 0.4) is 0 Å². The molecule has 6 heteroatoms. The molecule has 2 aromatic carbocycles. The van der Waals surface area contributed by atoms with Gasteiger partial charge in [0, 0.05) is 23.7 Å². The highest BCUT2D eigenvalue weighted by Gasteiger charge is 2.35. The Hall–Kier alpha value is -2.04. The molecule has 1 atom stereocenters. The monoisotopic (exact) mass is 376 g/mol. The van der Waals surface area contributed by atoms with E-state index >= 15 is 0 Å². The van der Waals surface area contributed by atoms with Gasteiger partial charge in [0.1, 0.15) is 0 Å². The fraction of sp³-hybridized carbons (Fsp3) is 0.263. The lowest BCUT2D eigenvalue weighted by atomic mass is 10.1. The van der Waals surface area contributed by atoms with Gasteiger partial charge in [0.05, 0.1) is 16.6 Å². The summed E-state index contributed by atoms with van der Waals surface area (Å²) in [5.41, 5.74) is 3.61. The predicted octanol–water partition coefficient (Wildman–Crippen LogP) is 4.60. The highest BCUT2D eigenvalue weighted by atomic mass is 35.5. The van der Waals surface area contributed by atoms with Crippen LogP contribution in [0, 0.1) is 19.8 Å². The summed E-state index contributed by atoms with van der Waals surface area (Å²) in [6, 6.07) is 10.8. The largest absolute Gasteiger partial charge is 0.324 e. The maximum Gasteiger partial charge on any atom is 0.229 e. The number of halogens is 2. The lowest BCUT2D eigenvalue weighted by Gasteiger charge is -2.18. The van der Waals surface area contributed by atoms with Gasteiger partial charge in [0.15, 0.2) is 0 Å². The van der Waals surface area contributed by atoms with Crippen molar-refractivity contribution in [3.63, 3.8) is 0 Å². The quantitative estimate of drug-likeness (QED) is 0.850. The summed E-state index contributed by atoms with van der Waals surface area (Å²) in [5, 5.41) is 3.66.